The van der Waals surface area contributed by atoms with E-state index in [1.165, 1.54) is 6.07 Å². The molecule has 0 saturated carbocycles. The van der Waals surface area contributed by atoms with Gasteiger partial charge in [0.15, 0.2) is 0 Å². The van der Waals surface area contributed by atoms with Crippen LogP contribution in [0.4, 0.5) is 11.5 Å². The Morgan fingerprint density at radius 2 is 2.05 bits per heavy atom. The second kappa shape index (κ2) is 5.54. The molecular formula is C17H11N3O2. The Labute approximate surface area is 126 Å². The van der Waals surface area contributed by atoms with E-state index in [1.807, 2.05) is 12.1 Å². The molecule has 2 N–H and O–H groups in total. The lowest BCUT2D eigenvalue weighted by molar-refractivity contribution is 0.0697. The topological polar surface area (TPSA) is 86.0 Å². The first kappa shape index (κ1) is 13.6. The van der Waals surface area contributed by atoms with Gasteiger partial charge in [-0.15, -0.1) is 0 Å². The number of aromatic nitrogens is 1. The van der Waals surface area contributed by atoms with Crippen molar-refractivity contribution in [2.45, 2.75) is 0 Å². The minimum Gasteiger partial charge on any atom is -0.478 e. The van der Waals surface area contributed by atoms with Crippen LogP contribution in [-0.4, -0.2) is 16.1 Å². The van der Waals surface area contributed by atoms with Gasteiger partial charge in [0.2, 0.25) is 0 Å². The molecule has 0 unspecified atom stereocenters. The molecule has 3 aromatic rings. The number of carbonyl (C=O) groups is 1. The van der Waals surface area contributed by atoms with E-state index < -0.39 is 5.97 Å². The van der Waals surface area contributed by atoms with Crippen LogP contribution in [0.2, 0.25) is 0 Å². The van der Waals surface area contributed by atoms with Gasteiger partial charge in [0.05, 0.1) is 17.2 Å². The molecule has 0 spiro atoms. The summed E-state index contributed by atoms with van der Waals surface area (Å²) in [4.78, 5) is 15.3. The van der Waals surface area contributed by atoms with Crippen molar-refractivity contribution in [3.8, 4) is 6.07 Å². The Kier molecular flexibility index (Phi) is 3.42. The van der Waals surface area contributed by atoms with Gasteiger partial charge in [0.25, 0.3) is 0 Å². The maximum absolute atomic E-state index is 11.0. The molecular weight excluding hydrogens is 278 g/mol. The number of nitrogens with zero attached hydrogens (tertiary/aromatic N) is 2. The first-order chi connectivity index (χ1) is 10.7. The molecule has 1 heterocycles. The molecule has 0 atom stereocenters. The minimum absolute atomic E-state index is 0.206. The molecule has 0 bridgehead atoms. The van der Waals surface area contributed by atoms with Crippen LogP contribution in [0.15, 0.2) is 54.7 Å². The molecule has 5 heteroatoms. The summed E-state index contributed by atoms with van der Waals surface area (Å²) in [6, 6.07) is 15.8. The molecule has 22 heavy (non-hydrogen) atoms. The molecule has 0 fully saturated rings. The Hall–Kier alpha value is -3.39. The molecule has 0 amide bonds. The van der Waals surface area contributed by atoms with Crippen LogP contribution in [0.25, 0.3) is 10.8 Å². The summed E-state index contributed by atoms with van der Waals surface area (Å²) < 4.78 is 0. The summed E-state index contributed by atoms with van der Waals surface area (Å²) in [5.74, 6) is -0.363. The molecule has 106 valence electrons. The lowest BCUT2D eigenvalue weighted by Crippen LogP contribution is -1.99. The van der Waals surface area contributed by atoms with Crippen molar-refractivity contribution in [2.75, 3.05) is 5.32 Å². The van der Waals surface area contributed by atoms with Crippen molar-refractivity contribution in [3.05, 3.63) is 65.9 Å². The van der Waals surface area contributed by atoms with Gasteiger partial charge in [-0.05, 0) is 47.9 Å². The van der Waals surface area contributed by atoms with Crippen molar-refractivity contribution in [1.82, 2.24) is 4.98 Å². The predicted molar refractivity (Wildman–Crippen MR) is 83.1 cm³/mol. The number of nitriles is 1. The average Bonchev–Trinajstić information content (AvgIpc) is 2.55. The Balaban J connectivity index is 2.02. The zero-order valence-electron chi connectivity index (χ0n) is 11.4. The van der Waals surface area contributed by atoms with Gasteiger partial charge in [-0.1, -0.05) is 6.07 Å². The fourth-order valence-corrected chi connectivity index (χ4v) is 2.21. The van der Waals surface area contributed by atoms with Crippen LogP contribution < -0.4 is 5.32 Å². The number of aromatic carboxylic acids is 1. The average molecular weight is 289 g/mol. The molecule has 2 aromatic carbocycles. The van der Waals surface area contributed by atoms with Crippen molar-refractivity contribution < 1.29 is 9.90 Å². The second-order valence-electron chi connectivity index (χ2n) is 4.72. The van der Waals surface area contributed by atoms with Crippen molar-refractivity contribution >= 4 is 28.2 Å². The van der Waals surface area contributed by atoms with Crippen LogP contribution in [-0.2, 0) is 0 Å². The van der Waals surface area contributed by atoms with Crippen molar-refractivity contribution in [1.29, 1.82) is 5.26 Å². The van der Waals surface area contributed by atoms with Gasteiger partial charge in [0.1, 0.15) is 5.82 Å². The monoisotopic (exact) mass is 289 g/mol. The second-order valence-corrected chi connectivity index (χ2v) is 4.72. The van der Waals surface area contributed by atoms with Gasteiger partial charge < -0.3 is 10.4 Å². The summed E-state index contributed by atoms with van der Waals surface area (Å²) in [6.45, 7) is 0. The van der Waals surface area contributed by atoms with E-state index in [1.54, 1.807) is 36.5 Å². The molecule has 1 aromatic heterocycles. The SMILES string of the molecule is N#Cc1ccc2c(Nc3cccc(C(=O)O)c3)nccc2c1. The highest BCUT2D eigenvalue weighted by atomic mass is 16.4. The summed E-state index contributed by atoms with van der Waals surface area (Å²) in [5.41, 5.74) is 1.43. The van der Waals surface area contributed by atoms with Crippen LogP contribution in [0, 0.1) is 11.3 Å². The Morgan fingerprint density at radius 3 is 2.82 bits per heavy atom. The third-order valence-corrected chi connectivity index (χ3v) is 3.27. The van der Waals surface area contributed by atoms with Crippen molar-refractivity contribution in [3.63, 3.8) is 0 Å². The van der Waals surface area contributed by atoms with E-state index in [0.29, 0.717) is 17.1 Å². The molecule has 0 aliphatic rings. The minimum atomic E-state index is -0.979. The maximum Gasteiger partial charge on any atom is 0.335 e. The fourth-order valence-electron chi connectivity index (χ4n) is 2.21. The fraction of sp³-hybridized carbons (Fsp3) is 0. The van der Waals surface area contributed by atoms with Gasteiger partial charge >= 0.3 is 5.97 Å². The van der Waals surface area contributed by atoms with Gasteiger partial charge in [-0.3, -0.25) is 0 Å². The third kappa shape index (κ3) is 2.58. The maximum atomic E-state index is 11.0. The summed E-state index contributed by atoms with van der Waals surface area (Å²) >= 11 is 0. The number of benzene rings is 2. The van der Waals surface area contributed by atoms with E-state index in [4.69, 9.17) is 10.4 Å². The summed E-state index contributed by atoms with van der Waals surface area (Å²) in [6.07, 6.45) is 1.65. The number of nitrogens with one attached hydrogen (secondary N) is 1. The Morgan fingerprint density at radius 1 is 1.18 bits per heavy atom. The highest BCUT2D eigenvalue weighted by Gasteiger charge is 2.06. The van der Waals surface area contributed by atoms with Crippen LogP contribution >= 0.6 is 0 Å². The normalized spacial score (nSPS) is 10.1. The number of carboxylic acids is 1. The van der Waals surface area contributed by atoms with Gasteiger partial charge in [0, 0.05) is 17.3 Å². The number of pyridine rings is 1. The quantitative estimate of drug-likeness (QED) is 0.770. The number of carboxylic acid groups (broad SMARTS) is 1. The standard InChI is InChI=1S/C17H11N3O2/c18-10-11-4-5-15-12(8-11)6-7-19-16(15)20-14-3-1-2-13(9-14)17(21)22/h1-9H,(H,19,20)(H,21,22). The lowest BCUT2D eigenvalue weighted by atomic mass is 10.1. The van der Waals surface area contributed by atoms with E-state index >= 15 is 0 Å². The van der Waals surface area contributed by atoms with E-state index in [9.17, 15) is 4.79 Å². The molecule has 0 aliphatic heterocycles. The van der Waals surface area contributed by atoms with Crippen molar-refractivity contribution in [2.24, 2.45) is 0 Å². The van der Waals surface area contributed by atoms with Gasteiger partial charge in [-0.25, -0.2) is 9.78 Å². The predicted octanol–water partition coefficient (Wildman–Crippen LogP) is 3.55. The first-order valence-corrected chi connectivity index (χ1v) is 6.56. The highest BCUT2D eigenvalue weighted by molar-refractivity contribution is 5.94. The number of rotatable bonds is 3. The zero-order valence-corrected chi connectivity index (χ0v) is 11.4. The van der Waals surface area contributed by atoms with Gasteiger partial charge in [-0.2, -0.15) is 5.26 Å². The molecule has 3 rings (SSSR count). The molecule has 0 aliphatic carbocycles. The third-order valence-electron chi connectivity index (χ3n) is 3.27. The number of hydrogen-bond donors (Lipinski definition) is 2. The largest absolute Gasteiger partial charge is 0.478 e. The zero-order chi connectivity index (χ0) is 15.5. The first-order valence-electron chi connectivity index (χ1n) is 6.56. The smallest absolute Gasteiger partial charge is 0.335 e. The van der Waals surface area contributed by atoms with Crippen LogP contribution in [0.1, 0.15) is 15.9 Å². The molecule has 0 saturated heterocycles. The summed E-state index contributed by atoms with van der Waals surface area (Å²) in [7, 11) is 0. The number of fused-ring (bicyclic) bond motifs is 1. The number of anilines is 2. The molecule has 5 nitrogen and oxygen atoms in total. The van der Waals surface area contributed by atoms with Crippen LogP contribution in [0.3, 0.4) is 0 Å². The van der Waals surface area contributed by atoms with Crippen LogP contribution in [0.5, 0.6) is 0 Å². The lowest BCUT2D eigenvalue weighted by Gasteiger charge is -2.09. The Bertz CT molecular complexity index is 913. The van der Waals surface area contributed by atoms with E-state index in [2.05, 4.69) is 16.4 Å². The van der Waals surface area contributed by atoms with E-state index in [-0.39, 0.29) is 5.56 Å². The number of hydrogen-bond acceptors (Lipinski definition) is 4. The highest BCUT2D eigenvalue weighted by Crippen LogP contribution is 2.25. The summed E-state index contributed by atoms with van der Waals surface area (Å²) in [5, 5.41) is 22.9. The molecule has 0 radical (unpaired) electrons. The van der Waals surface area contributed by atoms with E-state index in [0.717, 1.165) is 10.8 Å².